The van der Waals surface area contributed by atoms with Crippen LogP contribution in [0.5, 0.6) is 0 Å². The summed E-state index contributed by atoms with van der Waals surface area (Å²) in [5.74, 6) is 0. The third-order valence-corrected chi connectivity index (χ3v) is 1.91. The Labute approximate surface area is 81.3 Å². The molecule has 0 spiro atoms. The van der Waals surface area contributed by atoms with Crippen molar-refractivity contribution in [2.45, 2.75) is 45.4 Å². The van der Waals surface area contributed by atoms with Crippen LogP contribution in [0.3, 0.4) is 0 Å². The maximum absolute atomic E-state index is 8.46. The van der Waals surface area contributed by atoms with Gasteiger partial charge in [0.25, 0.3) is 0 Å². The molecule has 0 atom stereocenters. The van der Waals surface area contributed by atoms with Crippen LogP contribution in [0, 0.1) is 0 Å². The molecule has 0 radical (unpaired) electrons. The summed E-state index contributed by atoms with van der Waals surface area (Å²) < 4.78 is 5.00. The molecular weight excluding hydrogens is 167 g/mol. The van der Waals surface area contributed by atoms with E-state index in [0.29, 0.717) is 6.61 Å². The van der Waals surface area contributed by atoms with E-state index in [2.05, 4.69) is 6.92 Å². The van der Waals surface area contributed by atoms with Gasteiger partial charge in [0.05, 0.1) is 6.51 Å². The molecular formula is C9H21BO3. The summed E-state index contributed by atoms with van der Waals surface area (Å²) in [6.45, 7) is 2.88. The number of ether oxygens (including phenoxy) is 1. The van der Waals surface area contributed by atoms with Gasteiger partial charge in [0.1, 0.15) is 0 Å². The van der Waals surface area contributed by atoms with E-state index in [9.17, 15) is 0 Å². The summed E-state index contributed by atoms with van der Waals surface area (Å²) in [5, 5.41) is 16.9. The highest BCUT2D eigenvalue weighted by molar-refractivity contribution is 6.40. The van der Waals surface area contributed by atoms with Crippen molar-refractivity contribution in [1.82, 2.24) is 0 Å². The molecule has 0 aromatic carbocycles. The molecule has 0 unspecified atom stereocenters. The lowest BCUT2D eigenvalue weighted by Crippen LogP contribution is -2.20. The molecule has 0 saturated heterocycles. The lowest BCUT2D eigenvalue weighted by molar-refractivity contribution is 0.149. The summed E-state index contributed by atoms with van der Waals surface area (Å²) in [4.78, 5) is 0. The monoisotopic (exact) mass is 188 g/mol. The van der Waals surface area contributed by atoms with Gasteiger partial charge in [-0.05, 0) is 6.42 Å². The minimum atomic E-state index is -1.32. The van der Waals surface area contributed by atoms with Crippen molar-refractivity contribution in [3.63, 3.8) is 0 Å². The minimum absolute atomic E-state index is 0.0367. The molecule has 0 saturated carbocycles. The second kappa shape index (κ2) is 10.0. The predicted octanol–water partition coefficient (Wildman–Crippen LogP) is 1.38. The topological polar surface area (TPSA) is 49.7 Å². The van der Waals surface area contributed by atoms with Crippen LogP contribution in [0.4, 0.5) is 0 Å². The summed E-state index contributed by atoms with van der Waals surface area (Å²) >= 11 is 0. The van der Waals surface area contributed by atoms with Gasteiger partial charge in [-0.3, -0.25) is 0 Å². The van der Waals surface area contributed by atoms with Crippen LogP contribution in [0.1, 0.15) is 45.4 Å². The Bertz CT molecular complexity index is 98.9. The molecule has 0 heterocycles. The fourth-order valence-corrected chi connectivity index (χ4v) is 1.17. The van der Waals surface area contributed by atoms with Crippen molar-refractivity contribution in [2.24, 2.45) is 0 Å². The van der Waals surface area contributed by atoms with Gasteiger partial charge in [-0.1, -0.05) is 39.0 Å². The van der Waals surface area contributed by atoms with Crippen molar-refractivity contribution >= 4 is 7.12 Å². The Morgan fingerprint density at radius 3 is 2.23 bits per heavy atom. The summed E-state index contributed by atoms with van der Waals surface area (Å²) in [6.07, 6.45) is 7.36. The van der Waals surface area contributed by atoms with E-state index in [1.807, 2.05) is 0 Å². The van der Waals surface area contributed by atoms with E-state index in [-0.39, 0.29) is 6.51 Å². The Morgan fingerprint density at radius 2 is 1.62 bits per heavy atom. The quantitative estimate of drug-likeness (QED) is 0.424. The van der Waals surface area contributed by atoms with Crippen LogP contribution in [0.15, 0.2) is 0 Å². The number of unbranched alkanes of at least 4 members (excludes halogenated alkanes) is 5. The second-order valence-corrected chi connectivity index (χ2v) is 3.32. The molecule has 0 bridgehead atoms. The van der Waals surface area contributed by atoms with E-state index < -0.39 is 7.12 Å². The van der Waals surface area contributed by atoms with Gasteiger partial charge in [0.2, 0.25) is 0 Å². The van der Waals surface area contributed by atoms with Crippen LogP contribution in [-0.2, 0) is 4.74 Å². The zero-order chi connectivity index (χ0) is 9.94. The predicted molar refractivity (Wildman–Crippen MR) is 54.4 cm³/mol. The highest BCUT2D eigenvalue weighted by Crippen LogP contribution is 2.04. The molecule has 2 N–H and O–H groups in total. The molecule has 0 fully saturated rings. The summed E-state index contributed by atoms with van der Waals surface area (Å²) in [7, 11) is -1.32. The maximum atomic E-state index is 8.46. The molecule has 0 aromatic heterocycles. The van der Waals surface area contributed by atoms with E-state index in [1.54, 1.807) is 0 Å². The standard InChI is InChI=1S/C9H21BO3/c1-2-3-4-5-6-7-8-13-9-10(11)12/h11-12H,2-9H2,1H3. The molecule has 0 aliphatic carbocycles. The maximum Gasteiger partial charge on any atom is 0.479 e. The summed E-state index contributed by atoms with van der Waals surface area (Å²) in [6, 6.07) is 0. The van der Waals surface area contributed by atoms with Gasteiger partial charge in [-0.15, -0.1) is 0 Å². The first-order valence-electron chi connectivity index (χ1n) is 5.21. The third-order valence-electron chi connectivity index (χ3n) is 1.91. The van der Waals surface area contributed by atoms with Crippen molar-refractivity contribution < 1.29 is 14.8 Å². The molecule has 0 aliphatic heterocycles. The van der Waals surface area contributed by atoms with Crippen molar-refractivity contribution in [3.8, 4) is 0 Å². The van der Waals surface area contributed by atoms with Gasteiger partial charge in [-0.2, -0.15) is 0 Å². The molecule has 4 heteroatoms. The lowest BCUT2D eigenvalue weighted by atomic mass is 9.95. The molecule has 0 aromatic rings. The van der Waals surface area contributed by atoms with Gasteiger partial charge < -0.3 is 14.8 Å². The fraction of sp³-hybridized carbons (Fsp3) is 1.00. The van der Waals surface area contributed by atoms with Crippen molar-refractivity contribution in [2.75, 3.05) is 13.1 Å². The van der Waals surface area contributed by atoms with Crippen LogP contribution >= 0.6 is 0 Å². The average molecular weight is 188 g/mol. The van der Waals surface area contributed by atoms with Crippen molar-refractivity contribution in [3.05, 3.63) is 0 Å². The van der Waals surface area contributed by atoms with E-state index in [4.69, 9.17) is 14.8 Å². The van der Waals surface area contributed by atoms with E-state index >= 15 is 0 Å². The molecule has 0 rings (SSSR count). The van der Waals surface area contributed by atoms with Gasteiger partial charge >= 0.3 is 7.12 Å². The van der Waals surface area contributed by atoms with Crippen LogP contribution in [0.2, 0.25) is 0 Å². The normalized spacial score (nSPS) is 10.4. The second-order valence-electron chi connectivity index (χ2n) is 3.32. The fourth-order valence-electron chi connectivity index (χ4n) is 1.17. The van der Waals surface area contributed by atoms with Crippen molar-refractivity contribution in [1.29, 1.82) is 0 Å². The first kappa shape index (κ1) is 12.9. The largest absolute Gasteiger partial charge is 0.479 e. The SMILES string of the molecule is CCCCCCCCOCB(O)O. The van der Waals surface area contributed by atoms with Gasteiger partial charge in [-0.25, -0.2) is 0 Å². The highest BCUT2D eigenvalue weighted by Gasteiger charge is 2.04. The number of rotatable bonds is 9. The first-order valence-corrected chi connectivity index (χ1v) is 5.21. The Morgan fingerprint density at radius 1 is 1.00 bits per heavy atom. The molecule has 0 aliphatic rings. The van der Waals surface area contributed by atoms with Crippen LogP contribution < -0.4 is 0 Å². The highest BCUT2D eigenvalue weighted by atomic mass is 16.5. The number of hydrogen-bond donors (Lipinski definition) is 2. The van der Waals surface area contributed by atoms with E-state index in [1.165, 1.54) is 32.1 Å². The molecule has 3 nitrogen and oxygen atoms in total. The first-order chi connectivity index (χ1) is 6.27. The zero-order valence-corrected chi connectivity index (χ0v) is 8.54. The Hall–Kier alpha value is -0.0551. The Balaban J connectivity index is 2.84. The molecule has 0 amide bonds. The minimum Gasteiger partial charge on any atom is -0.426 e. The van der Waals surface area contributed by atoms with Gasteiger partial charge in [0.15, 0.2) is 0 Å². The van der Waals surface area contributed by atoms with Crippen LogP contribution in [0.25, 0.3) is 0 Å². The Kier molecular flexibility index (Phi) is 9.99. The van der Waals surface area contributed by atoms with Gasteiger partial charge in [0, 0.05) is 6.61 Å². The average Bonchev–Trinajstić information content (AvgIpc) is 2.09. The summed E-state index contributed by atoms with van der Waals surface area (Å²) in [5.41, 5.74) is 0. The third kappa shape index (κ3) is 11.9. The zero-order valence-electron chi connectivity index (χ0n) is 8.54. The van der Waals surface area contributed by atoms with Crippen LogP contribution in [-0.4, -0.2) is 30.3 Å². The molecule has 78 valence electrons. The lowest BCUT2D eigenvalue weighted by Gasteiger charge is -2.02. The number of hydrogen-bond acceptors (Lipinski definition) is 3. The van der Waals surface area contributed by atoms with E-state index in [0.717, 1.165) is 6.42 Å². The molecule has 13 heavy (non-hydrogen) atoms. The smallest absolute Gasteiger partial charge is 0.426 e.